The molecular weight excluding hydrogens is 212 g/mol. The fourth-order valence-electron chi connectivity index (χ4n) is 1.63. The molecular formula is C8H15ClO3S. The molecule has 3 nitrogen and oxygen atoms in total. The highest BCUT2D eigenvalue weighted by atomic mass is 35.5. The SMILES string of the molecule is C[C@@H]1C[C@@]1(CCCCl)OS(C)(=O)=O. The fourth-order valence-corrected chi connectivity index (χ4v) is 2.69. The third-order valence-electron chi connectivity index (χ3n) is 2.44. The first kappa shape index (κ1) is 11.3. The zero-order valence-electron chi connectivity index (χ0n) is 7.92. The van der Waals surface area contributed by atoms with Crippen molar-refractivity contribution in [2.24, 2.45) is 5.92 Å². The summed E-state index contributed by atoms with van der Waals surface area (Å²) in [6, 6.07) is 0. The van der Waals surface area contributed by atoms with E-state index in [1.54, 1.807) is 0 Å². The summed E-state index contributed by atoms with van der Waals surface area (Å²) in [6.45, 7) is 2.00. The van der Waals surface area contributed by atoms with Gasteiger partial charge in [-0.1, -0.05) is 6.92 Å². The average Bonchev–Trinajstić information content (AvgIpc) is 2.54. The topological polar surface area (TPSA) is 43.4 Å². The maximum absolute atomic E-state index is 10.9. The Balaban J connectivity index is 2.53. The van der Waals surface area contributed by atoms with Crippen molar-refractivity contribution in [3.8, 4) is 0 Å². The van der Waals surface area contributed by atoms with Crippen molar-refractivity contribution in [3.63, 3.8) is 0 Å². The lowest BCUT2D eigenvalue weighted by atomic mass is 10.1. The van der Waals surface area contributed by atoms with Crippen LogP contribution in [0.25, 0.3) is 0 Å². The summed E-state index contributed by atoms with van der Waals surface area (Å²) in [5.74, 6) is 0.896. The van der Waals surface area contributed by atoms with Gasteiger partial charge in [0, 0.05) is 5.88 Å². The molecule has 5 heteroatoms. The molecule has 2 atom stereocenters. The molecule has 0 bridgehead atoms. The molecule has 1 aliphatic carbocycles. The van der Waals surface area contributed by atoms with Crippen LogP contribution in [0.1, 0.15) is 26.2 Å². The Kier molecular flexibility index (Phi) is 3.25. The summed E-state index contributed by atoms with van der Waals surface area (Å²) in [4.78, 5) is 0. The molecule has 0 radical (unpaired) electrons. The van der Waals surface area contributed by atoms with Crippen molar-refractivity contribution < 1.29 is 12.6 Å². The van der Waals surface area contributed by atoms with E-state index in [0.717, 1.165) is 25.5 Å². The number of hydrogen-bond acceptors (Lipinski definition) is 3. The van der Waals surface area contributed by atoms with Crippen LogP contribution in [0.2, 0.25) is 0 Å². The first-order chi connectivity index (χ1) is 5.90. The van der Waals surface area contributed by atoms with E-state index >= 15 is 0 Å². The predicted octanol–water partition coefficient (Wildman–Crippen LogP) is 1.76. The van der Waals surface area contributed by atoms with Gasteiger partial charge in [-0.3, -0.25) is 4.18 Å². The van der Waals surface area contributed by atoms with Crippen molar-refractivity contribution in [1.82, 2.24) is 0 Å². The van der Waals surface area contributed by atoms with Crippen molar-refractivity contribution >= 4 is 21.7 Å². The molecule has 0 amide bonds. The zero-order valence-corrected chi connectivity index (χ0v) is 9.49. The van der Waals surface area contributed by atoms with Gasteiger partial charge in [-0.05, 0) is 25.2 Å². The van der Waals surface area contributed by atoms with Crippen LogP contribution in [0.3, 0.4) is 0 Å². The number of alkyl halides is 1. The van der Waals surface area contributed by atoms with Gasteiger partial charge in [0.1, 0.15) is 0 Å². The third kappa shape index (κ3) is 3.11. The van der Waals surface area contributed by atoms with Crippen LogP contribution in [0.15, 0.2) is 0 Å². The molecule has 1 saturated carbocycles. The van der Waals surface area contributed by atoms with Crippen LogP contribution in [0, 0.1) is 5.92 Å². The van der Waals surface area contributed by atoms with Crippen LogP contribution in [-0.4, -0.2) is 26.2 Å². The van der Waals surface area contributed by atoms with E-state index in [1.165, 1.54) is 0 Å². The van der Waals surface area contributed by atoms with E-state index < -0.39 is 15.7 Å². The monoisotopic (exact) mass is 226 g/mol. The molecule has 0 aromatic heterocycles. The molecule has 0 N–H and O–H groups in total. The van der Waals surface area contributed by atoms with Gasteiger partial charge >= 0.3 is 0 Å². The highest BCUT2D eigenvalue weighted by molar-refractivity contribution is 7.86. The maximum Gasteiger partial charge on any atom is 0.264 e. The maximum atomic E-state index is 10.9. The predicted molar refractivity (Wildman–Crippen MR) is 52.4 cm³/mol. The van der Waals surface area contributed by atoms with Crippen LogP contribution >= 0.6 is 11.6 Å². The van der Waals surface area contributed by atoms with Crippen molar-refractivity contribution in [3.05, 3.63) is 0 Å². The second kappa shape index (κ2) is 3.75. The molecule has 0 saturated heterocycles. The molecule has 0 aromatic rings. The lowest BCUT2D eigenvalue weighted by molar-refractivity contribution is 0.161. The van der Waals surface area contributed by atoms with Gasteiger partial charge in [-0.15, -0.1) is 11.6 Å². The highest BCUT2D eigenvalue weighted by Gasteiger charge is 2.54. The van der Waals surface area contributed by atoms with Gasteiger partial charge < -0.3 is 0 Å². The molecule has 0 unspecified atom stereocenters. The smallest absolute Gasteiger partial charge is 0.263 e. The Hall–Kier alpha value is 0.200. The summed E-state index contributed by atoms with van der Waals surface area (Å²) < 4.78 is 26.9. The van der Waals surface area contributed by atoms with E-state index in [4.69, 9.17) is 15.8 Å². The molecule has 1 rings (SSSR count). The zero-order chi connectivity index (χ0) is 10.1. The number of rotatable bonds is 5. The van der Waals surface area contributed by atoms with Gasteiger partial charge in [-0.2, -0.15) is 8.42 Å². The van der Waals surface area contributed by atoms with Gasteiger partial charge in [0.05, 0.1) is 11.9 Å². The van der Waals surface area contributed by atoms with Crippen LogP contribution in [0.5, 0.6) is 0 Å². The molecule has 13 heavy (non-hydrogen) atoms. The standard InChI is InChI=1S/C8H15ClO3S/c1-7-6-8(7,4-3-5-9)12-13(2,10)11/h7H,3-6H2,1-2H3/t7-,8-/m1/s1. The van der Waals surface area contributed by atoms with E-state index in [0.29, 0.717) is 11.8 Å². The molecule has 1 aliphatic rings. The fraction of sp³-hybridized carbons (Fsp3) is 1.00. The number of halogens is 1. The third-order valence-corrected chi connectivity index (χ3v) is 3.34. The molecule has 0 aromatic carbocycles. The lowest BCUT2D eigenvalue weighted by Crippen LogP contribution is -2.21. The normalized spacial score (nSPS) is 33.3. The Morgan fingerprint density at radius 1 is 1.62 bits per heavy atom. The molecule has 0 spiro atoms. The second-order valence-corrected chi connectivity index (χ2v) is 5.70. The Labute approximate surface area is 84.5 Å². The molecule has 0 heterocycles. The van der Waals surface area contributed by atoms with Gasteiger partial charge in [0.25, 0.3) is 10.1 Å². The minimum atomic E-state index is -3.33. The summed E-state index contributed by atoms with van der Waals surface area (Å²) >= 11 is 5.55. The van der Waals surface area contributed by atoms with E-state index in [1.807, 2.05) is 6.92 Å². The largest absolute Gasteiger partial charge is 0.264 e. The first-order valence-electron chi connectivity index (χ1n) is 4.36. The molecule has 0 aliphatic heterocycles. The Morgan fingerprint density at radius 3 is 2.46 bits per heavy atom. The van der Waals surface area contributed by atoms with Crippen molar-refractivity contribution in [1.29, 1.82) is 0 Å². The summed E-state index contributed by atoms with van der Waals surface area (Å²) in [7, 11) is -3.33. The highest BCUT2D eigenvalue weighted by Crippen LogP contribution is 2.50. The van der Waals surface area contributed by atoms with E-state index in [2.05, 4.69) is 0 Å². The molecule has 78 valence electrons. The van der Waals surface area contributed by atoms with Crippen LogP contribution in [0.4, 0.5) is 0 Å². The lowest BCUT2D eigenvalue weighted by Gasteiger charge is -2.14. The van der Waals surface area contributed by atoms with Crippen LogP contribution in [-0.2, 0) is 14.3 Å². The minimum Gasteiger partial charge on any atom is -0.263 e. The van der Waals surface area contributed by atoms with Gasteiger partial charge in [0.2, 0.25) is 0 Å². The average molecular weight is 227 g/mol. The van der Waals surface area contributed by atoms with Gasteiger partial charge in [0.15, 0.2) is 0 Å². The van der Waals surface area contributed by atoms with Gasteiger partial charge in [-0.25, -0.2) is 0 Å². The number of hydrogen-bond donors (Lipinski definition) is 0. The second-order valence-electron chi connectivity index (χ2n) is 3.75. The van der Waals surface area contributed by atoms with E-state index in [-0.39, 0.29) is 0 Å². The Morgan fingerprint density at radius 2 is 2.15 bits per heavy atom. The van der Waals surface area contributed by atoms with Crippen molar-refractivity contribution in [2.45, 2.75) is 31.8 Å². The summed E-state index contributed by atoms with van der Waals surface area (Å²) in [5.41, 5.74) is -0.428. The van der Waals surface area contributed by atoms with Crippen LogP contribution < -0.4 is 0 Å². The Bertz CT molecular complexity index is 275. The quantitative estimate of drug-likeness (QED) is 0.530. The summed E-state index contributed by atoms with van der Waals surface area (Å²) in [6.07, 6.45) is 3.48. The molecule has 1 fully saturated rings. The van der Waals surface area contributed by atoms with E-state index in [9.17, 15) is 8.42 Å². The van der Waals surface area contributed by atoms with Crippen molar-refractivity contribution in [2.75, 3.05) is 12.1 Å². The first-order valence-corrected chi connectivity index (χ1v) is 6.71. The summed E-state index contributed by atoms with van der Waals surface area (Å²) in [5, 5.41) is 0. The minimum absolute atomic E-state index is 0.338.